The van der Waals surface area contributed by atoms with E-state index in [1.807, 2.05) is 18.2 Å². The third kappa shape index (κ3) is 4.92. The van der Waals surface area contributed by atoms with Crippen LogP contribution in [0.15, 0.2) is 30.3 Å². The first-order valence-corrected chi connectivity index (χ1v) is 7.08. The molecule has 5 heteroatoms. The van der Waals surface area contributed by atoms with E-state index in [1.54, 1.807) is 0 Å². The zero-order valence-corrected chi connectivity index (χ0v) is 12.0. The number of benzene rings is 1. The summed E-state index contributed by atoms with van der Waals surface area (Å²) in [5.74, 6) is -0.0229. The van der Waals surface area contributed by atoms with Crippen molar-refractivity contribution in [1.82, 2.24) is 15.5 Å². The van der Waals surface area contributed by atoms with Gasteiger partial charge >= 0.3 is 0 Å². The van der Waals surface area contributed by atoms with Gasteiger partial charge in [-0.3, -0.25) is 4.79 Å². The Balaban J connectivity index is 1.63. The molecule has 1 aliphatic rings. The van der Waals surface area contributed by atoms with Crippen LogP contribution < -0.4 is 10.6 Å². The predicted octanol–water partition coefficient (Wildman–Crippen LogP) is 0.223. The van der Waals surface area contributed by atoms with Crippen LogP contribution in [0.25, 0.3) is 0 Å². The molecule has 5 nitrogen and oxygen atoms in total. The molecule has 2 rings (SSSR count). The Morgan fingerprint density at radius 2 is 2.25 bits per heavy atom. The monoisotopic (exact) mass is 277 g/mol. The summed E-state index contributed by atoms with van der Waals surface area (Å²) >= 11 is 0. The van der Waals surface area contributed by atoms with Crippen molar-refractivity contribution < 1.29 is 9.53 Å². The van der Waals surface area contributed by atoms with E-state index in [2.05, 4.69) is 34.7 Å². The Labute approximate surface area is 120 Å². The van der Waals surface area contributed by atoms with Gasteiger partial charge in [-0.1, -0.05) is 30.3 Å². The number of hydrogen-bond donors (Lipinski definition) is 2. The standard InChI is InChI=1S/C15H23N3O2/c1-18(12-13-5-3-2-4-6-13)9-7-17-15(19)14-11-16-8-10-20-14/h2-6,14,16H,7-12H2,1H3,(H,17,19). The van der Waals surface area contributed by atoms with Gasteiger partial charge in [0.1, 0.15) is 6.10 Å². The lowest BCUT2D eigenvalue weighted by molar-refractivity contribution is -0.134. The van der Waals surface area contributed by atoms with Gasteiger partial charge < -0.3 is 20.3 Å². The number of rotatable bonds is 6. The molecule has 2 N–H and O–H groups in total. The molecule has 1 amide bonds. The molecule has 1 unspecified atom stereocenters. The zero-order valence-electron chi connectivity index (χ0n) is 12.0. The van der Waals surface area contributed by atoms with Crippen molar-refractivity contribution in [2.45, 2.75) is 12.6 Å². The minimum atomic E-state index is -0.344. The molecule has 0 radical (unpaired) electrons. The fourth-order valence-electron chi connectivity index (χ4n) is 2.19. The van der Waals surface area contributed by atoms with Crippen LogP contribution in [0, 0.1) is 0 Å². The molecular formula is C15H23N3O2. The summed E-state index contributed by atoms with van der Waals surface area (Å²) in [6.07, 6.45) is -0.344. The number of nitrogens with one attached hydrogen (secondary N) is 2. The second-order valence-corrected chi connectivity index (χ2v) is 5.08. The van der Waals surface area contributed by atoms with Gasteiger partial charge in [0.2, 0.25) is 0 Å². The van der Waals surface area contributed by atoms with Gasteiger partial charge in [0, 0.05) is 32.7 Å². The molecule has 0 spiro atoms. The number of hydrogen-bond acceptors (Lipinski definition) is 4. The molecule has 1 atom stereocenters. The van der Waals surface area contributed by atoms with E-state index in [0.29, 0.717) is 19.7 Å². The summed E-state index contributed by atoms with van der Waals surface area (Å²) in [4.78, 5) is 14.0. The molecule has 1 aromatic rings. The summed E-state index contributed by atoms with van der Waals surface area (Å²) in [5.41, 5.74) is 1.28. The van der Waals surface area contributed by atoms with E-state index in [0.717, 1.165) is 19.6 Å². The summed E-state index contributed by atoms with van der Waals surface area (Å²) in [6.45, 7) is 4.38. The van der Waals surface area contributed by atoms with Crippen molar-refractivity contribution in [2.75, 3.05) is 39.8 Å². The van der Waals surface area contributed by atoms with Crippen molar-refractivity contribution in [3.63, 3.8) is 0 Å². The Bertz CT molecular complexity index is 405. The first-order valence-electron chi connectivity index (χ1n) is 7.08. The molecule has 1 saturated heterocycles. The van der Waals surface area contributed by atoms with Gasteiger partial charge in [0.15, 0.2) is 0 Å². The molecule has 0 bridgehead atoms. The van der Waals surface area contributed by atoms with E-state index in [-0.39, 0.29) is 12.0 Å². The minimum Gasteiger partial charge on any atom is -0.366 e. The molecule has 1 aromatic carbocycles. The van der Waals surface area contributed by atoms with Crippen LogP contribution in [0.3, 0.4) is 0 Å². The molecular weight excluding hydrogens is 254 g/mol. The van der Waals surface area contributed by atoms with E-state index < -0.39 is 0 Å². The maximum atomic E-state index is 11.8. The smallest absolute Gasteiger partial charge is 0.250 e. The van der Waals surface area contributed by atoms with E-state index in [4.69, 9.17) is 4.74 Å². The van der Waals surface area contributed by atoms with Gasteiger partial charge in [-0.15, -0.1) is 0 Å². The summed E-state index contributed by atoms with van der Waals surface area (Å²) < 4.78 is 5.40. The molecule has 110 valence electrons. The fraction of sp³-hybridized carbons (Fsp3) is 0.533. The maximum absolute atomic E-state index is 11.8. The van der Waals surface area contributed by atoms with E-state index >= 15 is 0 Å². The fourth-order valence-corrected chi connectivity index (χ4v) is 2.19. The Morgan fingerprint density at radius 1 is 1.45 bits per heavy atom. The third-order valence-electron chi connectivity index (χ3n) is 3.31. The zero-order chi connectivity index (χ0) is 14.2. The molecule has 0 aliphatic carbocycles. The van der Waals surface area contributed by atoms with Crippen LogP contribution >= 0.6 is 0 Å². The SMILES string of the molecule is CN(CCNC(=O)C1CNCCO1)Cc1ccccc1. The first kappa shape index (κ1) is 15.0. The summed E-state index contributed by atoms with van der Waals surface area (Å²) in [6, 6.07) is 10.3. The Hall–Kier alpha value is -1.43. The highest BCUT2D eigenvalue weighted by atomic mass is 16.5. The normalized spacial score (nSPS) is 19.0. The molecule has 1 aliphatic heterocycles. The van der Waals surface area contributed by atoms with Gasteiger partial charge in [-0.25, -0.2) is 0 Å². The van der Waals surface area contributed by atoms with Crippen LogP contribution in [0.2, 0.25) is 0 Å². The van der Waals surface area contributed by atoms with Gasteiger partial charge in [0.25, 0.3) is 5.91 Å². The van der Waals surface area contributed by atoms with Crippen molar-refractivity contribution in [2.24, 2.45) is 0 Å². The molecule has 0 aromatic heterocycles. The van der Waals surface area contributed by atoms with Crippen molar-refractivity contribution in [3.05, 3.63) is 35.9 Å². The lowest BCUT2D eigenvalue weighted by Gasteiger charge is -2.23. The topological polar surface area (TPSA) is 53.6 Å². The van der Waals surface area contributed by atoms with Crippen molar-refractivity contribution in [3.8, 4) is 0 Å². The largest absolute Gasteiger partial charge is 0.366 e. The van der Waals surface area contributed by atoms with Crippen molar-refractivity contribution >= 4 is 5.91 Å². The number of carbonyl (C=O) groups is 1. The summed E-state index contributed by atoms with van der Waals surface area (Å²) in [7, 11) is 2.05. The molecule has 20 heavy (non-hydrogen) atoms. The molecule has 1 fully saturated rings. The highest BCUT2D eigenvalue weighted by Crippen LogP contribution is 2.01. The number of ether oxygens (including phenoxy) is 1. The highest BCUT2D eigenvalue weighted by molar-refractivity contribution is 5.81. The van der Waals surface area contributed by atoms with Crippen LogP contribution in [-0.4, -0.2) is 56.7 Å². The number of amides is 1. The van der Waals surface area contributed by atoms with E-state index in [9.17, 15) is 4.79 Å². The molecule has 0 saturated carbocycles. The van der Waals surface area contributed by atoms with Crippen LogP contribution in [0.5, 0.6) is 0 Å². The van der Waals surface area contributed by atoms with Crippen molar-refractivity contribution in [1.29, 1.82) is 0 Å². The van der Waals surface area contributed by atoms with E-state index in [1.165, 1.54) is 5.56 Å². The highest BCUT2D eigenvalue weighted by Gasteiger charge is 2.20. The molecule has 1 heterocycles. The lowest BCUT2D eigenvalue weighted by Crippen LogP contribution is -2.48. The van der Waals surface area contributed by atoms with Crippen LogP contribution in [-0.2, 0) is 16.1 Å². The average molecular weight is 277 g/mol. The van der Waals surface area contributed by atoms with Crippen LogP contribution in [0.1, 0.15) is 5.56 Å². The number of likely N-dealkylation sites (N-methyl/N-ethyl adjacent to an activating group) is 1. The van der Waals surface area contributed by atoms with Gasteiger partial charge in [0.05, 0.1) is 6.61 Å². The lowest BCUT2D eigenvalue weighted by atomic mass is 10.2. The predicted molar refractivity (Wildman–Crippen MR) is 78.4 cm³/mol. The minimum absolute atomic E-state index is 0.0229. The number of morpholine rings is 1. The number of carbonyl (C=O) groups excluding carboxylic acids is 1. The quantitative estimate of drug-likeness (QED) is 0.781. The Morgan fingerprint density at radius 3 is 2.95 bits per heavy atom. The second-order valence-electron chi connectivity index (χ2n) is 5.08. The Kier molecular flexibility index (Phi) is 5.98. The van der Waals surface area contributed by atoms with Gasteiger partial charge in [-0.2, -0.15) is 0 Å². The second kappa shape index (κ2) is 7.99. The van der Waals surface area contributed by atoms with Crippen LogP contribution in [0.4, 0.5) is 0 Å². The maximum Gasteiger partial charge on any atom is 0.250 e. The van der Waals surface area contributed by atoms with Gasteiger partial charge in [-0.05, 0) is 12.6 Å². The first-order chi connectivity index (χ1) is 9.75. The average Bonchev–Trinajstić information content (AvgIpc) is 2.49. The third-order valence-corrected chi connectivity index (χ3v) is 3.31. The summed E-state index contributed by atoms with van der Waals surface area (Å²) in [5, 5.41) is 6.07. The number of nitrogens with zero attached hydrogens (tertiary/aromatic N) is 1.